The number of carbonyl (C=O) groups excluding carboxylic acids is 2. The molecule has 0 heterocycles. The third-order valence-electron chi connectivity index (χ3n) is 1.85. The largest absolute Gasteiger partial charge is 0.481 e. The molecule has 0 aliphatic carbocycles. The summed E-state index contributed by atoms with van der Waals surface area (Å²) in [5.74, 6) is -4.21. The van der Waals surface area contributed by atoms with Crippen LogP contribution < -0.4 is 16.4 Å². The fourth-order valence-corrected chi connectivity index (χ4v) is 0.948. The molecule has 2 unspecified atom stereocenters. The average Bonchev–Trinajstić information content (AvgIpc) is 2.23. The summed E-state index contributed by atoms with van der Waals surface area (Å²) < 4.78 is 0. The van der Waals surface area contributed by atoms with Gasteiger partial charge in [-0.15, -0.1) is 0 Å². The third-order valence-corrected chi connectivity index (χ3v) is 1.85. The van der Waals surface area contributed by atoms with Crippen molar-refractivity contribution < 1.29 is 29.4 Å². The van der Waals surface area contributed by atoms with Crippen molar-refractivity contribution in [3.63, 3.8) is 0 Å². The summed E-state index contributed by atoms with van der Waals surface area (Å²) in [5, 5.41) is 21.2. The number of rotatable bonds is 7. The number of nitrogens with one attached hydrogen (secondary N) is 2. The first-order valence-electron chi connectivity index (χ1n) is 5.01. The van der Waals surface area contributed by atoms with Crippen molar-refractivity contribution in [3.05, 3.63) is 0 Å². The molecule has 0 aromatic carbocycles. The third kappa shape index (κ3) is 6.43. The normalized spacial score (nSPS) is 13.2. The summed E-state index contributed by atoms with van der Waals surface area (Å²) >= 11 is 0. The maximum atomic E-state index is 11.2. The Morgan fingerprint density at radius 2 is 1.78 bits per heavy atom. The Labute approximate surface area is 102 Å². The van der Waals surface area contributed by atoms with E-state index in [4.69, 9.17) is 15.9 Å². The molecular weight excluding hydrogens is 246 g/mol. The van der Waals surface area contributed by atoms with Crippen LogP contribution in [0.25, 0.3) is 0 Å². The van der Waals surface area contributed by atoms with Gasteiger partial charge in [-0.1, -0.05) is 0 Å². The summed E-state index contributed by atoms with van der Waals surface area (Å²) in [6.45, 7) is 0.946. The lowest BCUT2D eigenvalue weighted by atomic mass is 10.2. The fourth-order valence-electron chi connectivity index (χ4n) is 0.948. The predicted octanol–water partition coefficient (Wildman–Crippen LogP) is -2.51. The van der Waals surface area contributed by atoms with Gasteiger partial charge >= 0.3 is 11.9 Å². The van der Waals surface area contributed by atoms with Crippen molar-refractivity contribution in [3.8, 4) is 0 Å². The first-order valence-corrected chi connectivity index (χ1v) is 5.01. The molecule has 6 N–H and O–H groups in total. The van der Waals surface area contributed by atoms with E-state index in [0.717, 1.165) is 0 Å². The maximum absolute atomic E-state index is 11.2. The van der Waals surface area contributed by atoms with Crippen LogP contribution in [-0.2, 0) is 19.2 Å². The van der Waals surface area contributed by atoms with E-state index in [2.05, 4.69) is 5.32 Å². The highest BCUT2D eigenvalue weighted by atomic mass is 16.4. The van der Waals surface area contributed by atoms with E-state index in [1.807, 2.05) is 5.32 Å². The van der Waals surface area contributed by atoms with Crippen LogP contribution in [0.2, 0.25) is 0 Å². The fraction of sp³-hybridized carbons (Fsp3) is 0.556. The number of aliphatic carboxylic acids is 2. The topological polar surface area (TPSA) is 159 Å². The molecule has 0 rings (SSSR count). The van der Waals surface area contributed by atoms with Crippen LogP contribution in [0.1, 0.15) is 13.3 Å². The highest BCUT2D eigenvalue weighted by molar-refractivity contribution is 5.90. The first-order chi connectivity index (χ1) is 8.23. The van der Waals surface area contributed by atoms with Crippen molar-refractivity contribution in [2.24, 2.45) is 5.73 Å². The quantitative estimate of drug-likeness (QED) is 0.338. The molecule has 0 aliphatic heterocycles. The molecule has 0 radical (unpaired) electrons. The van der Waals surface area contributed by atoms with Crippen molar-refractivity contribution in [2.45, 2.75) is 25.4 Å². The smallest absolute Gasteiger partial charge is 0.326 e. The summed E-state index contributed by atoms with van der Waals surface area (Å²) in [7, 11) is 0. The molecule has 0 aromatic rings. The lowest BCUT2D eigenvalue weighted by Crippen LogP contribution is -2.48. The number of hydrogen-bond acceptors (Lipinski definition) is 5. The Bertz CT molecular complexity index is 354. The lowest BCUT2D eigenvalue weighted by molar-refractivity contribution is -0.147. The highest BCUT2D eigenvalue weighted by Crippen LogP contribution is 1.92. The molecule has 2 atom stereocenters. The zero-order valence-corrected chi connectivity index (χ0v) is 9.67. The molecular formula is C9H15N3O6. The molecule has 0 bridgehead atoms. The number of carbonyl (C=O) groups is 4. The van der Waals surface area contributed by atoms with Crippen LogP contribution in [0.5, 0.6) is 0 Å². The summed E-state index contributed by atoms with van der Waals surface area (Å²) in [6, 6.07) is -2.34. The van der Waals surface area contributed by atoms with Gasteiger partial charge in [0.2, 0.25) is 11.8 Å². The van der Waals surface area contributed by atoms with Gasteiger partial charge in [-0.25, -0.2) is 4.79 Å². The minimum absolute atomic E-state index is 0.468. The number of carboxylic acid groups (broad SMARTS) is 2. The van der Waals surface area contributed by atoms with Crippen molar-refractivity contribution in [2.75, 3.05) is 6.54 Å². The predicted molar refractivity (Wildman–Crippen MR) is 58.5 cm³/mol. The van der Waals surface area contributed by atoms with E-state index in [0.29, 0.717) is 0 Å². The molecule has 18 heavy (non-hydrogen) atoms. The monoisotopic (exact) mass is 261 g/mol. The SMILES string of the molecule is CC(N)C(=O)NCC(=O)NC(CC(=O)O)C(=O)O. The molecule has 0 aliphatic rings. The molecule has 0 saturated carbocycles. The molecule has 0 spiro atoms. The number of amides is 2. The molecule has 2 amide bonds. The Morgan fingerprint density at radius 1 is 1.22 bits per heavy atom. The van der Waals surface area contributed by atoms with Gasteiger partial charge in [0.25, 0.3) is 0 Å². The Kier molecular flexibility index (Phi) is 6.35. The molecule has 102 valence electrons. The second kappa shape index (κ2) is 7.22. The van der Waals surface area contributed by atoms with Gasteiger partial charge in [-0.2, -0.15) is 0 Å². The number of carboxylic acids is 2. The standard InChI is InChI=1S/C9H15N3O6/c1-4(10)8(16)11-3-6(13)12-5(9(17)18)2-7(14)15/h4-5H,2-3,10H2,1H3,(H,11,16)(H,12,13)(H,14,15)(H,17,18). The zero-order valence-electron chi connectivity index (χ0n) is 9.67. The van der Waals surface area contributed by atoms with E-state index in [1.54, 1.807) is 0 Å². The van der Waals surface area contributed by atoms with Gasteiger partial charge in [0, 0.05) is 0 Å². The van der Waals surface area contributed by atoms with Crippen LogP contribution in [0, 0.1) is 0 Å². The van der Waals surface area contributed by atoms with Gasteiger partial charge in [0.05, 0.1) is 19.0 Å². The van der Waals surface area contributed by atoms with E-state index < -0.39 is 48.8 Å². The summed E-state index contributed by atoms with van der Waals surface area (Å²) in [5.41, 5.74) is 5.22. The van der Waals surface area contributed by atoms with Gasteiger partial charge in [0.15, 0.2) is 0 Å². The molecule has 0 saturated heterocycles. The second-order valence-corrected chi connectivity index (χ2v) is 3.56. The second-order valence-electron chi connectivity index (χ2n) is 3.56. The van der Waals surface area contributed by atoms with Crippen LogP contribution in [0.3, 0.4) is 0 Å². The van der Waals surface area contributed by atoms with Crippen LogP contribution in [-0.4, -0.2) is 52.6 Å². The van der Waals surface area contributed by atoms with Gasteiger partial charge < -0.3 is 26.6 Å². The molecule has 0 fully saturated rings. The Hall–Kier alpha value is -2.16. The van der Waals surface area contributed by atoms with E-state index in [1.165, 1.54) is 6.92 Å². The zero-order chi connectivity index (χ0) is 14.3. The molecule has 0 aromatic heterocycles. The van der Waals surface area contributed by atoms with E-state index in [9.17, 15) is 19.2 Å². The minimum Gasteiger partial charge on any atom is -0.481 e. The van der Waals surface area contributed by atoms with E-state index >= 15 is 0 Å². The average molecular weight is 261 g/mol. The Balaban J connectivity index is 4.22. The summed E-state index contributed by atoms with van der Waals surface area (Å²) in [6.07, 6.45) is -0.748. The lowest BCUT2D eigenvalue weighted by Gasteiger charge is -2.13. The van der Waals surface area contributed by atoms with Gasteiger partial charge in [0.1, 0.15) is 6.04 Å². The van der Waals surface area contributed by atoms with Crippen molar-refractivity contribution >= 4 is 23.8 Å². The van der Waals surface area contributed by atoms with E-state index in [-0.39, 0.29) is 0 Å². The van der Waals surface area contributed by atoms with Crippen LogP contribution >= 0.6 is 0 Å². The van der Waals surface area contributed by atoms with Crippen molar-refractivity contribution in [1.82, 2.24) is 10.6 Å². The van der Waals surface area contributed by atoms with Crippen LogP contribution in [0.15, 0.2) is 0 Å². The molecule has 9 nitrogen and oxygen atoms in total. The van der Waals surface area contributed by atoms with Gasteiger partial charge in [-0.05, 0) is 6.92 Å². The van der Waals surface area contributed by atoms with Crippen molar-refractivity contribution in [1.29, 1.82) is 0 Å². The first kappa shape index (κ1) is 15.8. The summed E-state index contributed by atoms with van der Waals surface area (Å²) in [4.78, 5) is 43.2. The van der Waals surface area contributed by atoms with Gasteiger partial charge in [-0.3, -0.25) is 14.4 Å². The molecule has 9 heteroatoms. The van der Waals surface area contributed by atoms with Crippen LogP contribution in [0.4, 0.5) is 0 Å². The number of nitrogens with two attached hydrogens (primary N) is 1. The maximum Gasteiger partial charge on any atom is 0.326 e. The highest BCUT2D eigenvalue weighted by Gasteiger charge is 2.23. The number of hydrogen-bond donors (Lipinski definition) is 5. The minimum atomic E-state index is -1.54. The Morgan fingerprint density at radius 3 is 2.17 bits per heavy atom.